The largest absolute Gasteiger partial charge is 0.338 e. The number of rotatable bonds is 4. The van der Waals surface area contributed by atoms with Gasteiger partial charge in [-0.2, -0.15) is 4.98 Å². The molecule has 4 nitrogen and oxygen atoms in total. The fourth-order valence-corrected chi connectivity index (χ4v) is 2.94. The third-order valence-corrected chi connectivity index (χ3v) is 4.32. The van der Waals surface area contributed by atoms with Gasteiger partial charge in [0.2, 0.25) is 5.89 Å². The number of nitrogens with zero attached hydrogens (tertiary/aromatic N) is 2. The summed E-state index contributed by atoms with van der Waals surface area (Å²) in [6.45, 7) is 3.09. The lowest BCUT2D eigenvalue weighted by Gasteiger charge is -1.97. The van der Waals surface area contributed by atoms with Crippen molar-refractivity contribution < 1.29 is 4.52 Å². The van der Waals surface area contributed by atoms with Crippen molar-refractivity contribution in [3.63, 3.8) is 0 Å². The lowest BCUT2D eigenvalue weighted by Crippen LogP contribution is -2.11. The van der Waals surface area contributed by atoms with Crippen molar-refractivity contribution in [2.75, 3.05) is 0 Å². The normalized spacial score (nSPS) is 10.9. The minimum Gasteiger partial charge on any atom is -0.338 e. The molecule has 0 aliphatic heterocycles. The molecule has 0 saturated carbocycles. The van der Waals surface area contributed by atoms with Crippen LogP contribution in [-0.2, 0) is 13.1 Å². The second-order valence-corrected chi connectivity index (χ2v) is 5.77. The summed E-state index contributed by atoms with van der Waals surface area (Å²) in [7, 11) is 0. The van der Waals surface area contributed by atoms with Gasteiger partial charge >= 0.3 is 0 Å². The Morgan fingerprint density at radius 3 is 2.94 bits per heavy atom. The zero-order valence-electron chi connectivity index (χ0n) is 8.46. The summed E-state index contributed by atoms with van der Waals surface area (Å²) in [4.78, 5) is 5.25. The third kappa shape index (κ3) is 3.04. The standard InChI is InChI=1S/C9H9BrClN3OS/c1-5-13-8(15-14-5)4-12-3-6-2-7(10)9(11)16-6/h2,12H,3-4H2,1H3. The molecule has 2 aromatic heterocycles. The van der Waals surface area contributed by atoms with Gasteiger partial charge < -0.3 is 9.84 Å². The first-order chi connectivity index (χ1) is 7.65. The highest BCUT2D eigenvalue weighted by Gasteiger charge is 2.05. The molecule has 0 spiro atoms. The first-order valence-corrected chi connectivity index (χ1v) is 6.57. The number of aromatic nitrogens is 2. The van der Waals surface area contributed by atoms with E-state index in [0.717, 1.165) is 20.2 Å². The molecule has 0 aliphatic rings. The Kier molecular flexibility index (Phi) is 3.96. The summed E-state index contributed by atoms with van der Waals surface area (Å²) in [6.07, 6.45) is 0. The molecule has 7 heteroatoms. The second-order valence-electron chi connectivity index (χ2n) is 3.17. The highest BCUT2D eigenvalue weighted by Crippen LogP contribution is 2.31. The molecule has 16 heavy (non-hydrogen) atoms. The van der Waals surface area contributed by atoms with Gasteiger partial charge in [-0.05, 0) is 28.9 Å². The van der Waals surface area contributed by atoms with Crippen LogP contribution in [0.4, 0.5) is 0 Å². The number of aryl methyl sites for hydroxylation is 1. The molecule has 2 heterocycles. The van der Waals surface area contributed by atoms with Crippen LogP contribution in [0.25, 0.3) is 0 Å². The number of halogens is 2. The Balaban J connectivity index is 1.84. The third-order valence-electron chi connectivity index (χ3n) is 1.84. The maximum absolute atomic E-state index is 5.93. The Hall–Kier alpha value is -0.430. The van der Waals surface area contributed by atoms with E-state index in [-0.39, 0.29) is 0 Å². The summed E-state index contributed by atoms with van der Waals surface area (Å²) in [6, 6.07) is 2.00. The van der Waals surface area contributed by atoms with Crippen LogP contribution < -0.4 is 5.32 Å². The van der Waals surface area contributed by atoms with Gasteiger partial charge in [0.15, 0.2) is 5.82 Å². The molecule has 0 radical (unpaired) electrons. The lowest BCUT2D eigenvalue weighted by atomic mass is 10.4. The van der Waals surface area contributed by atoms with Gasteiger partial charge in [-0.15, -0.1) is 11.3 Å². The maximum atomic E-state index is 5.93. The fraction of sp³-hybridized carbons (Fsp3) is 0.333. The van der Waals surface area contributed by atoms with Crippen molar-refractivity contribution in [1.82, 2.24) is 15.5 Å². The molecule has 0 amide bonds. The molecule has 0 bridgehead atoms. The van der Waals surface area contributed by atoms with Crippen LogP contribution in [0.15, 0.2) is 15.1 Å². The molecule has 2 rings (SSSR count). The van der Waals surface area contributed by atoms with Crippen molar-refractivity contribution in [2.45, 2.75) is 20.0 Å². The average Bonchev–Trinajstić information content (AvgIpc) is 2.75. The van der Waals surface area contributed by atoms with Crippen LogP contribution in [0.5, 0.6) is 0 Å². The maximum Gasteiger partial charge on any atom is 0.240 e. The molecule has 86 valence electrons. The van der Waals surface area contributed by atoms with E-state index in [9.17, 15) is 0 Å². The van der Waals surface area contributed by atoms with Crippen LogP contribution in [0.3, 0.4) is 0 Å². The summed E-state index contributed by atoms with van der Waals surface area (Å²) in [5, 5.41) is 6.91. The quantitative estimate of drug-likeness (QED) is 0.939. The summed E-state index contributed by atoms with van der Waals surface area (Å²) < 4.78 is 6.68. The van der Waals surface area contributed by atoms with E-state index < -0.39 is 0 Å². The van der Waals surface area contributed by atoms with Gasteiger partial charge in [0, 0.05) is 15.9 Å². The molecule has 0 aliphatic carbocycles. The van der Waals surface area contributed by atoms with Crippen LogP contribution in [0.2, 0.25) is 4.34 Å². The molecule has 0 atom stereocenters. The number of hydrogen-bond acceptors (Lipinski definition) is 5. The molecule has 1 N–H and O–H groups in total. The molecule has 2 aromatic rings. The van der Waals surface area contributed by atoms with Crippen molar-refractivity contribution in [2.24, 2.45) is 0 Å². The van der Waals surface area contributed by atoms with E-state index in [4.69, 9.17) is 16.1 Å². The zero-order chi connectivity index (χ0) is 11.5. The molecular formula is C9H9BrClN3OS. The van der Waals surface area contributed by atoms with Crippen molar-refractivity contribution in [3.8, 4) is 0 Å². The van der Waals surface area contributed by atoms with Crippen molar-refractivity contribution in [3.05, 3.63) is 31.5 Å². The van der Waals surface area contributed by atoms with Gasteiger partial charge in [-0.1, -0.05) is 16.8 Å². The zero-order valence-corrected chi connectivity index (χ0v) is 11.6. The van der Waals surface area contributed by atoms with Gasteiger partial charge in [0.25, 0.3) is 0 Å². The molecule has 0 saturated heterocycles. The first kappa shape index (κ1) is 12.0. The van der Waals surface area contributed by atoms with E-state index in [0.29, 0.717) is 18.3 Å². The highest BCUT2D eigenvalue weighted by atomic mass is 79.9. The number of nitrogens with one attached hydrogen (secondary N) is 1. The van der Waals surface area contributed by atoms with E-state index in [1.807, 2.05) is 6.07 Å². The Labute approximate surface area is 110 Å². The van der Waals surface area contributed by atoms with Crippen LogP contribution >= 0.6 is 38.9 Å². The smallest absolute Gasteiger partial charge is 0.240 e. The monoisotopic (exact) mass is 321 g/mol. The Bertz CT molecular complexity index is 465. The minimum atomic E-state index is 0.563. The van der Waals surface area contributed by atoms with Gasteiger partial charge in [0.05, 0.1) is 6.54 Å². The molecule has 0 fully saturated rings. The number of hydrogen-bond donors (Lipinski definition) is 1. The van der Waals surface area contributed by atoms with E-state index >= 15 is 0 Å². The van der Waals surface area contributed by atoms with E-state index in [2.05, 4.69) is 31.4 Å². The van der Waals surface area contributed by atoms with E-state index in [1.165, 1.54) is 0 Å². The summed E-state index contributed by atoms with van der Waals surface area (Å²) in [5.41, 5.74) is 0. The lowest BCUT2D eigenvalue weighted by molar-refractivity contribution is 0.364. The minimum absolute atomic E-state index is 0.563. The van der Waals surface area contributed by atoms with Crippen LogP contribution in [0, 0.1) is 6.92 Å². The SMILES string of the molecule is Cc1noc(CNCc2cc(Br)c(Cl)s2)n1. The van der Waals surface area contributed by atoms with E-state index in [1.54, 1.807) is 18.3 Å². The predicted octanol–water partition coefficient (Wildman–Crippen LogP) is 3.15. The van der Waals surface area contributed by atoms with Gasteiger partial charge in [0.1, 0.15) is 4.34 Å². The average molecular weight is 323 g/mol. The van der Waals surface area contributed by atoms with Gasteiger partial charge in [-0.3, -0.25) is 0 Å². The summed E-state index contributed by atoms with van der Waals surface area (Å²) >= 11 is 10.8. The fourth-order valence-electron chi connectivity index (χ4n) is 1.18. The van der Waals surface area contributed by atoms with Crippen LogP contribution in [0.1, 0.15) is 16.6 Å². The molecule has 0 aromatic carbocycles. The van der Waals surface area contributed by atoms with Crippen LogP contribution in [-0.4, -0.2) is 10.1 Å². The highest BCUT2D eigenvalue weighted by molar-refractivity contribution is 9.10. The Morgan fingerprint density at radius 1 is 1.56 bits per heavy atom. The number of thiophene rings is 1. The first-order valence-electron chi connectivity index (χ1n) is 4.59. The Morgan fingerprint density at radius 2 is 2.38 bits per heavy atom. The summed E-state index contributed by atoms with van der Waals surface area (Å²) in [5.74, 6) is 1.25. The molecular weight excluding hydrogens is 314 g/mol. The predicted molar refractivity (Wildman–Crippen MR) is 66.6 cm³/mol. The topological polar surface area (TPSA) is 51.0 Å². The van der Waals surface area contributed by atoms with Gasteiger partial charge in [-0.25, -0.2) is 0 Å². The van der Waals surface area contributed by atoms with Crippen molar-refractivity contribution in [1.29, 1.82) is 0 Å². The molecule has 0 unspecified atom stereocenters. The second kappa shape index (κ2) is 5.27. The van der Waals surface area contributed by atoms with Crippen molar-refractivity contribution >= 4 is 38.9 Å².